The first kappa shape index (κ1) is 19.0. The van der Waals surface area contributed by atoms with E-state index in [1.54, 1.807) is 6.92 Å². The molecule has 3 rings (SSSR count). The van der Waals surface area contributed by atoms with E-state index in [9.17, 15) is 27.9 Å². The maximum atomic E-state index is 14.1. The molecule has 0 spiro atoms. The van der Waals surface area contributed by atoms with Gasteiger partial charge in [-0.3, -0.25) is 9.59 Å². The molecule has 1 aromatic carbocycles. The molecule has 27 heavy (non-hydrogen) atoms. The maximum absolute atomic E-state index is 14.1. The highest BCUT2D eigenvalue weighted by Crippen LogP contribution is 2.28. The number of fused-ring (bicyclic) bond motifs is 1. The van der Waals surface area contributed by atoms with Gasteiger partial charge in [-0.15, -0.1) is 0 Å². The summed E-state index contributed by atoms with van der Waals surface area (Å²) in [5.41, 5.74) is -1.00. The maximum Gasteiger partial charge on any atom is 0.267 e. The molecule has 0 radical (unpaired) electrons. The summed E-state index contributed by atoms with van der Waals surface area (Å²) < 4.78 is 47.1. The largest absolute Gasteiger partial charge is 0.507 e. The van der Waals surface area contributed by atoms with E-state index in [1.165, 1.54) is 0 Å². The Hall–Kier alpha value is -2.81. The quantitative estimate of drug-likeness (QED) is 0.791. The van der Waals surface area contributed by atoms with E-state index >= 15 is 0 Å². The lowest BCUT2D eigenvalue weighted by atomic mass is 10.0. The van der Waals surface area contributed by atoms with E-state index in [0.29, 0.717) is 17.7 Å². The van der Waals surface area contributed by atoms with Crippen LogP contribution >= 0.6 is 0 Å². The van der Waals surface area contributed by atoms with Gasteiger partial charge in [-0.1, -0.05) is 0 Å². The number of rotatable bonds is 4. The summed E-state index contributed by atoms with van der Waals surface area (Å²) in [6.45, 7) is 1.67. The molecule has 9 heteroatoms. The molecule has 2 aromatic rings. The van der Waals surface area contributed by atoms with Crippen LogP contribution in [0.3, 0.4) is 0 Å². The first-order valence-corrected chi connectivity index (χ1v) is 8.32. The fraction of sp³-hybridized carbons (Fsp3) is 0.333. The molecule has 0 bridgehead atoms. The average molecular weight is 382 g/mol. The predicted molar refractivity (Wildman–Crippen MR) is 89.2 cm³/mol. The van der Waals surface area contributed by atoms with E-state index in [1.807, 2.05) is 0 Å². The summed E-state index contributed by atoms with van der Waals surface area (Å²) in [4.78, 5) is 25.1. The normalized spacial score (nSPS) is 13.3. The van der Waals surface area contributed by atoms with E-state index in [0.717, 1.165) is 4.57 Å². The number of nitrogens with zero attached hydrogens (tertiary/aromatic N) is 1. The molecule has 0 saturated carbocycles. The van der Waals surface area contributed by atoms with Gasteiger partial charge in [0.25, 0.3) is 11.5 Å². The summed E-state index contributed by atoms with van der Waals surface area (Å²) in [6, 6.07) is 1.05. The van der Waals surface area contributed by atoms with Crippen LogP contribution in [0, 0.1) is 17.5 Å². The number of aromatic hydroxyl groups is 1. The number of hydrogen-bond donors (Lipinski definition) is 2. The minimum atomic E-state index is -1.34. The fourth-order valence-corrected chi connectivity index (χ4v) is 3.06. The molecule has 0 unspecified atom stereocenters. The van der Waals surface area contributed by atoms with E-state index in [-0.39, 0.29) is 37.4 Å². The summed E-state index contributed by atoms with van der Waals surface area (Å²) >= 11 is 0. The zero-order valence-electron chi connectivity index (χ0n) is 14.4. The van der Waals surface area contributed by atoms with Gasteiger partial charge in [0.05, 0.1) is 25.5 Å². The Bertz CT molecular complexity index is 972. The van der Waals surface area contributed by atoms with E-state index in [2.05, 4.69) is 5.32 Å². The first-order chi connectivity index (χ1) is 12.8. The molecular weight excluding hydrogens is 365 g/mol. The second-order valence-corrected chi connectivity index (χ2v) is 6.06. The van der Waals surface area contributed by atoms with Crippen LogP contribution in [0.25, 0.3) is 0 Å². The average Bonchev–Trinajstić information content (AvgIpc) is 2.63. The minimum Gasteiger partial charge on any atom is -0.507 e. The van der Waals surface area contributed by atoms with Crippen molar-refractivity contribution in [3.05, 3.63) is 62.3 Å². The first-order valence-electron chi connectivity index (χ1n) is 8.32. The van der Waals surface area contributed by atoms with Crippen molar-refractivity contribution < 1.29 is 27.8 Å². The van der Waals surface area contributed by atoms with Crippen LogP contribution < -0.4 is 10.9 Å². The lowest BCUT2D eigenvalue weighted by Gasteiger charge is -2.24. The molecule has 0 fully saturated rings. The van der Waals surface area contributed by atoms with Gasteiger partial charge < -0.3 is 19.7 Å². The Morgan fingerprint density at radius 2 is 1.96 bits per heavy atom. The SMILES string of the molecule is CCNC(=O)c1c(O)c2c(n(Cc3cc(F)c(F)cc3F)c1=O)COCC2. The van der Waals surface area contributed by atoms with Crippen molar-refractivity contribution in [2.45, 2.75) is 26.5 Å². The zero-order valence-corrected chi connectivity index (χ0v) is 14.4. The van der Waals surface area contributed by atoms with Gasteiger partial charge in [0.1, 0.15) is 17.1 Å². The van der Waals surface area contributed by atoms with Crippen LogP contribution in [0.2, 0.25) is 0 Å². The molecule has 0 atom stereocenters. The number of hydrogen-bond acceptors (Lipinski definition) is 4. The van der Waals surface area contributed by atoms with Gasteiger partial charge in [-0.05, 0) is 13.0 Å². The van der Waals surface area contributed by atoms with Crippen LogP contribution in [-0.4, -0.2) is 28.7 Å². The summed E-state index contributed by atoms with van der Waals surface area (Å²) in [5, 5.41) is 12.9. The molecule has 1 amide bonds. The molecular formula is C18H17F3N2O4. The molecule has 0 aliphatic carbocycles. The Balaban J connectivity index is 2.20. The molecule has 2 heterocycles. The smallest absolute Gasteiger partial charge is 0.267 e. The topological polar surface area (TPSA) is 80.6 Å². The Labute approximate surface area is 152 Å². The van der Waals surface area contributed by atoms with Crippen molar-refractivity contribution in [1.29, 1.82) is 0 Å². The van der Waals surface area contributed by atoms with Gasteiger partial charge >= 0.3 is 0 Å². The molecule has 144 valence electrons. The van der Waals surface area contributed by atoms with Gasteiger partial charge in [-0.25, -0.2) is 13.2 Å². The molecule has 2 N–H and O–H groups in total. The number of nitrogens with one attached hydrogen (secondary N) is 1. The van der Waals surface area contributed by atoms with Crippen LogP contribution in [0.5, 0.6) is 5.75 Å². The number of carbonyl (C=O) groups excluding carboxylic acids is 1. The Morgan fingerprint density at radius 3 is 2.67 bits per heavy atom. The fourth-order valence-electron chi connectivity index (χ4n) is 3.06. The molecule has 1 aromatic heterocycles. The Kier molecular flexibility index (Phi) is 5.22. The second-order valence-electron chi connectivity index (χ2n) is 6.06. The molecule has 1 aliphatic heterocycles. The van der Waals surface area contributed by atoms with Crippen molar-refractivity contribution in [2.75, 3.05) is 13.2 Å². The second kappa shape index (κ2) is 7.43. The summed E-state index contributed by atoms with van der Waals surface area (Å²) in [6.07, 6.45) is 0.244. The highest BCUT2D eigenvalue weighted by atomic mass is 19.2. The number of ether oxygens (including phenoxy) is 1. The number of halogens is 3. The van der Waals surface area contributed by atoms with Crippen LogP contribution in [0.1, 0.15) is 34.1 Å². The number of amides is 1. The molecule has 1 aliphatic rings. The van der Waals surface area contributed by atoms with Gasteiger partial charge in [-0.2, -0.15) is 0 Å². The van der Waals surface area contributed by atoms with Gasteiger partial charge in [0.15, 0.2) is 11.6 Å². The van der Waals surface area contributed by atoms with Crippen molar-refractivity contribution in [3.8, 4) is 5.75 Å². The van der Waals surface area contributed by atoms with E-state index < -0.39 is 46.8 Å². The third kappa shape index (κ3) is 3.42. The van der Waals surface area contributed by atoms with Crippen molar-refractivity contribution >= 4 is 5.91 Å². The minimum absolute atomic E-state index is 0.0426. The number of benzene rings is 1. The van der Waals surface area contributed by atoms with Crippen LogP contribution in [0.4, 0.5) is 13.2 Å². The van der Waals surface area contributed by atoms with Crippen molar-refractivity contribution in [2.24, 2.45) is 0 Å². The lowest BCUT2D eigenvalue weighted by molar-refractivity contribution is 0.0937. The standard InChI is InChI=1S/C18H17F3N2O4/c1-2-22-17(25)15-16(24)10-3-4-27-8-14(10)23(18(15)26)7-9-5-12(20)13(21)6-11(9)19/h5-6,24H,2-4,7-8H2,1H3,(H,22,25). The van der Waals surface area contributed by atoms with Crippen LogP contribution in [-0.2, 0) is 24.3 Å². The molecule has 6 nitrogen and oxygen atoms in total. The number of carbonyl (C=O) groups is 1. The lowest BCUT2D eigenvalue weighted by Crippen LogP contribution is -2.37. The van der Waals surface area contributed by atoms with Crippen molar-refractivity contribution in [1.82, 2.24) is 9.88 Å². The van der Waals surface area contributed by atoms with E-state index in [4.69, 9.17) is 4.74 Å². The van der Waals surface area contributed by atoms with Crippen molar-refractivity contribution in [3.63, 3.8) is 0 Å². The number of pyridine rings is 1. The number of aromatic nitrogens is 1. The third-order valence-corrected chi connectivity index (χ3v) is 4.37. The monoisotopic (exact) mass is 382 g/mol. The third-order valence-electron chi connectivity index (χ3n) is 4.37. The Morgan fingerprint density at radius 1 is 1.26 bits per heavy atom. The highest BCUT2D eigenvalue weighted by Gasteiger charge is 2.28. The highest BCUT2D eigenvalue weighted by molar-refractivity contribution is 5.97. The summed E-state index contributed by atoms with van der Waals surface area (Å²) in [5.74, 6) is -4.84. The molecule has 0 saturated heterocycles. The van der Waals surface area contributed by atoms with Gasteiger partial charge in [0, 0.05) is 30.2 Å². The van der Waals surface area contributed by atoms with Gasteiger partial charge in [0.2, 0.25) is 0 Å². The zero-order chi connectivity index (χ0) is 19.7. The predicted octanol–water partition coefficient (Wildman–Crippen LogP) is 1.84. The van der Waals surface area contributed by atoms with Crippen LogP contribution in [0.15, 0.2) is 16.9 Å². The summed E-state index contributed by atoms with van der Waals surface area (Å²) in [7, 11) is 0.